The first-order valence-electron chi connectivity index (χ1n) is 9.39. The number of ether oxygens (including phenoxy) is 1. The second kappa shape index (κ2) is 6.20. The molecule has 0 amide bonds. The topological polar surface area (TPSA) is 84.5 Å². The van der Waals surface area contributed by atoms with Gasteiger partial charge in [-0.25, -0.2) is 9.97 Å². The molecule has 2 unspecified atom stereocenters. The Hall–Kier alpha value is -2.67. The van der Waals surface area contributed by atoms with Crippen molar-refractivity contribution in [2.24, 2.45) is 11.3 Å². The molecule has 0 radical (unpaired) electrons. The maximum Gasteiger partial charge on any atom is 0.252 e. The Morgan fingerprint density at radius 1 is 1.30 bits per heavy atom. The lowest BCUT2D eigenvalue weighted by Crippen LogP contribution is -2.38. The van der Waals surface area contributed by atoms with E-state index in [4.69, 9.17) is 9.15 Å². The number of nitrogens with zero attached hydrogens (tertiary/aromatic N) is 4. The number of hydrogen-bond acceptors (Lipinski definition) is 7. The summed E-state index contributed by atoms with van der Waals surface area (Å²) < 4.78 is 11.8. The van der Waals surface area contributed by atoms with Crippen molar-refractivity contribution in [3.63, 3.8) is 0 Å². The molecule has 7 heteroatoms. The van der Waals surface area contributed by atoms with Gasteiger partial charge in [0.25, 0.3) is 5.71 Å². The number of oxazole rings is 1. The van der Waals surface area contributed by atoms with Crippen LogP contribution in [-0.2, 0) is 12.8 Å². The van der Waals surface area contributed by atoms with Gasteiger partial charge in [-0.05, 0) is 18.1 Å². The summed E-state index contributed by atoms with van der Waals surface area (Å²) in [6.45, 7) is 4.16. The zero-order valence-electron chi connectivity index (χ0n) is 15.3. The van der Waals surface area contributed by atoms with Crippen LogP contribution < -0.4 is 9.64 Å². The highest BCUT2D eigenvalue weighted by atomic mass is 16.5. The summed E-state index contributed by atoms with van der Waals surface area (Å²) in [5.74, 6) is 2.57. The minimum absolute atomic E-state index is 0.110. The Kier molecular flexibility index (Phi) is 3.79. The lowest BCUT2D eigenvalue weighted by Gasteiger charge is -2.30. The molecule has 2 aliphatic rings. The molecule has 0 saturated carbocycles. The molecule has 2 atom stereocenters. The van der Waals surface area contributed by atoms with Gasteiger partial charge in [0, 0.05) is 30.8 Å². The van der Waals surface area contributed by atoms with E-state index in [1.807, 2.05) is 25.1 Å². The number of aliphatic hydroxyl groups is 1. The summed E-state index contributed by atoms with van der Waals surface area (Å²) in [5, 5.41) is 10.4. The predicted molar refractivity (Wildman–Crippen MR) is 99.8 cm³/mol. The molecule has 27 heavy (non-hydrogen) atoms. The van der Waals surface area contributed by atoms with Crippen LogP contribution in [0.5, 0.6) is 5.75 Å². The van der Waals surface area contributed by atoms with Gasteiger partial charge in [0.15, 0.2) is 17.2 Å². The Bertz CT molecular complexity index is 988. The third-order valence-electron chi connectivity index (χ3n) is 5.90. The molecule has 0 spiro atoms. The minimum atomic E-state index is -0.263. The molecule has 1 N–H and O–H groups in total. The molecule has 140 valence electrons. The van der Waals surface area contributed by atoms with E-state index < -0.39 is 0 Å². The minimum Gasteiger partial charge on any atom is -0.493 e. The molecule has 1 aromatic carbocycles. The first-order valence-corrected chi connectivity index (χ1v) is 9.39. The number of para-hydroxylation sites is 1. The zero-order chi connectivity index (χ0) is 18.4. The first kappa shape index (κ1) is 16.5. The maximum atomic E-state index is 10.4. The fraction of sp³-hybridized carbons (Fsp3) is 0.450. The number of anilines is 1. The second-order valence-electron chi connectivity index (χ2n) is 7.51. The van der Waals surface area contributed by atoms with Crippen molar-refractivity contribution in [2.45, 2.75) is 19.8 Å². The van der Waals surface area contributed by atoms with Crippen LogP contribution in [0.15, 0.2) is 35.0 Å². The van der Waals surface area contributed by atoms with Crippen molar-refractivity contribution in [2.75, 3.05) is 31.2 Å². The Balaban J connectivity index is 1.53. The van der Waals surface area contributed by atoms with E-state index in [0.717, 1.165) is 30.1 Å². The average molecular weight is 366 g/mol. The number of fused-ring (bicyclic) bond motifs is 3. The lowest BCUT2D eigenvalue weighted by atomic mass is 9.75. The van der Waals surface area contributed by atoms with Gasteiger partial charge in [-0.1, -0.05) is 25.1 Å². The van der Waals surface area contributed by atoms with Crippen LogP contribution >= 0.6 is 0 Å². The normalized spacial score (nSPS) is 24.4. The summed E-state index contributed by atoms with van der Waals surface area (Å²) in [6, 6.07) is 8.11. The van der Waals surface area contributed by atoms with Crippen LogP contribution in [0.1, 0.15) is 18.4 Å². The van der Waals surface area contributed by atoms with E-state index in [2.05, 4.69) is 25.9 Å². The summed E-state index contributed by atoms with van der Waals surface area (Å²) in [7, 11) is 0. The van der Waals surface area contributed by atoms with E-state index in [1.54, 1.807) is 0 Å². The molecule has 3 aromatic rings. The fourth-order valence-electron chi connectivity index (χ4n) is 4.39. The van der Waals surface area contributed by atoms with E-state index in [0.29, 0.717) is 36.7 Å². The van der Waals surface area contributed by atoms with E-state index in [1.165, 1.54) is 6.33 Å². The highest BCUT2D eigenvalue weighted by Crippen LogP contribution is 2.45. The van der Waals surface area contributed by atoms with Crippen LogP contribution in [0.4, 0.5) is 5.82 Å². The zero-order valence-corrected chi connectivity index (χ0v) is 15.3. The van der Waals surface area contributed by atoms with Crippen molar-refractivity contribution in [1.29, 1.82) is 0 Å². The number of aliphatic hydroxyl groups excluding tert-OH is 1. The molecule has 7 nitrogen and oxygen atoms in total. The van der Waals surface area contributed by atoms with E-state index >= 15 is 0 Å². The van der Waals surface area contributed by atoms with Crippen LogP contribution in [0.25, 0.3) is 11.2 Å². The molecule has 5 rings (SSSR count). The number of hydrogen-bond donors (Lipinski definition) is 1. The number of aryl methyl sites for hydroxylation is 1. The third kappa shape index (κ3) is 2.56. The van der Waals surface area contributed by atoms with Crippen LogP contribution in [0, 0.1) is 11.3 Å². The molecule has 4 heterocycles. The largest absolute Gasteiger partial charge is 0.493 e. The van der Waals surface area contributed by atoms with Crippen molar-refractivity contribution < 1.29 is 14.3 Å². The van der Waals surface area contributed by atoms with Gasteiger partial charge < -0.3 is 19.2 Å². The number of benzene rings is 1. The monoisotopic (exact) mass is 366 g/mol. The lowest BCUT2D eigenvalue weighted by molar-refractivity contribution is 0.0816. The summed E-state index contributed by atoms with van der Waals surface area (Å²) in [4.78, 5) is 15.5. The molecule has 1 fully saturated rings. The van der Waals surface area contributed by atoms with Gasteiger partial charge in [0.1, 0.15) is 12.1 Å². The van der Waals surface area contributed by atoms with Crippen molar-refractivity contribution in [3.05, 3.63) is 42.0 Å². The SMILES string of the molecule is CCc1nc2c(N3CC4COc5ccccc5CC4(CO)C3)ncnc2o1. The van der Waals surface area contributed by atoms with Gasteiger partial charge in [-0.2, -0.15) is 4.98 Å². The van der Waals surface area contributed by atoms with Crippen LogP contribution in [-0.4, -0.2) is 46.4 Å². The van der Waals surface area contributed by atoms with E-state index in [-0.39, 0.29) is 17.9 Å². The molecular weight excluding hydrogens is 344 g/mol. The van der Waals surface area contributed by atoms with Crippen LogP contribution in [0.3, 0.4) is 0 Å². The van der Waals surface area contributed by atoms with Gasteiger partial charge >= 0.3 is 0 Å². The molecular formula is C20H22N4O3. The Morgan fingerprint density at radius 2 is 2.19 bits per heavy atom. The quantitative estimate of drug-likeness (QED) is 0.761. The number of rotatable bonds is 3. The van der Waals surface area contributed by atoms with Gasteiger partial charge in [0.2, 0.25) is 0 Å². The fourth-order valence-corrected chi connectivity index (χ4v) is 4.39. The van der Waals surface area contributed by atoms with Gasteiger partial charge in [0.05, 0.1) is 13.2 Å². The predicted octanol–water partition coefficient (Wildman–Crippen LogP) is 2.23. The molecule has 2 aliphatic heterocycles. The van der Waals surface area contributed by atoms with Crippen molar-refractivity contribution >= 4 is 17.0 Å². The number of aromatic nitrogens is 3. The Morgan fingerprint density at radius 3 is 3.04 bits per heavy atom. The standard InChI is InChI=1S/C20H22N4O3/c1-2-16-23-17-18(21-12-22-19(17)27-16)24-8-14-9-26-15-6-4-3-5-13(15)7-20(14,10-24)11-25/h3-6,12,14,25H,2,7-11H2,1H3. The first-order chi connectivity index (χ1) is 13.2. The summed E-state index contributed by atoms with van der Waals surface area (Å²) in [5.41, 5.74) is 2.10. The molecule has 0 aliphatic carbocycles. The Labute approximate surface area is 157 Å². The van der Waals surface area contributed by atoms with Crippen molar-refractivity contribution in [1.82, 2.24) is 15.0 Å². The van der Waals surface area contributed by atoms with Gasteiger partial charge in [-0.15, -0.1) is 0 Å². The smallest absolute Gasteiger partial charge is 0.252 e. The highest BCUT2D eigenvalue weighted by Gasteiger charge is 2.49. The van der Waals surface area contributed by atoms with Gasteiger partial charge in [-0.3, -0.25) is 0 Å². The second-order valence-corrected chi connectivity index (χ2v) is 7.51. The third-order valence-corrected chi connectivity index (χ3v) is 5.90. The average Bonchev–Trinajstić information content (AvgIpc) is 3.25. The molecule has 0 bridgehead atoms. The summed E-state index contributed by atoms with van der Waals surface area (Å²) >= 11 is 0. The molecule has 2 aromatic heterocycles. The maximum absolute atomic E-state index is 10.4. The summed E-state index contributed by atoms with van der Waals surface area (Å²) in [6.07, 6.45) is 3.02. The van der Waals surface area contributed by atoms with E-state index in [9.17, 15) is 5.11 Å². The van der Waals surface area contributed by atoms with Crippen LogP contribution in [0.2, 0.25) is 0 Å². The highest BCUT2D eigenvalue weighted by molar-refractivity contribution is 5.82. The molecule has 1 saturated heterocycles. The van der Waals surface area contributed by atoms with Crippen molar-refractivity contribution in [3.8, 4) is 5.75 Å².